The maximum absolute atomic E-state index is 13.3. The third-order valence-corrected chi connectivity index (χ3v) is 1.90. The van der Waals surface area contributed by atoms with Crippen molar-refractivity contribution in [2.24, 2.45) is 10.8 Å². The molecule has 0 fully saturated rings. The van der Waals surface area contributed by atoms with Crippen molar-refractivity contribution in [3.8, 4) is 0 Å². The summed E-state index contributed by atoms with van der Waals surface area (Å²) in [6, 6.07) is 4.27. The number of hydrogen-bond donors (Lipinski definition) is 3. The second kappa shape index (κ2) is 4.75. The number of halogens is 2. The second-order valence-corrected chi connectivity index (χ2v) is 3.28. The van der Waals surface area contributed by atoms with Crippen LogP contribution in [0.5, 0.6) is 0 Å². The first-order chi connectivity index (χ1) is 7.00. The number of hydrogen-bond acceptors (Lipinski definition) is 2. The highest BCUT2D eigenvalue weighted by Gasteiger charge is 2.05. The summed E-state index contributed by atoms with van der Waals surface area (Å²) in [5.41, 5.74) is 7.97. The second-order valence-electron chi connectivity index (χ2n) is 2.85. The van der Waals surface area contributed by atoms with Crippen LogP contribution in [0.1, 0.15) is 12.5 Å². The molecule has 0 saturated heterocycles. The summed E-state index contributed by atoms with van der Waals surface area (Å²) in [6.07, 6.45) is 0. The van der Waals surface area contributed by atoms with Gasteiger partial charge in [0.25, 0.3) is 0 Å². The molecule has 0 unspecified atom stereocenters. The predicted molar refractivity (Wildman–Crippen MR) is 58.7 cm³/mol. The lowest BCUT2D eigenvalue weighted by Crippen LogP contribution is -2.26. The van der Waals surface area contributed by atoms with Gasteiger partial charge in [-0.15, -0.1) is 0 Å². The van der Waals surface area contributed by atoms with Gasteiger partial charge in [-0.05, 0) is 25.1 Å². The molecule has 0 saturated carbocycles. The van der Waals surface area contributed by atoms with Crippen molar-refractivity contribution in [2.45, 2.75) is 6.92 Å². The molecule has 4 nitrogen and oxygen atoms in total. The summed E-state index contributed by atoms with van der Waals surface area (Å²) in [7, 11) is 0. The summed E-state index contributed by atoms with van der Waals surface area (Å²) < 4.78 is 13.3. The van der Waals surface area contributed by atoms with Crippen molar-refractivity contribution >= 4 is 23.3 Å². The third-order valence-electron chi connectivity index (χ3n) is 1.66. The molecule has 0 radical (unpaired) electrons. The first-order valence-electron chi connectivity index (χ1n) is 4.10. The molecule has 1 aromatic rings. The summed E-state index contributed by atoms with van der Waals surface area (Å²) in [5.74, 6) is -0.766. The van der Waals surface area contributed by atoms with E-state index in [4.69, 9.17) is 22.7 Å². The van der Waals surface area contributed by atoms with Gasteiger partial charge in [-0.1, -0.05) is 11.6 Å². The van der Waals surface area contributed by atoms with Crippen LogP contribution < -0.4 is 11.2 Å². The normalized spacial score (nSPS) is 11.3. The Balaban J connectivity index is 2.95. The first kappa shape index (κ1) is 11.5. The monoisotopic (exact) mass is 228 g/mol. The molecule has 0 aliphatic heterocycles. The SMILES string of the molecule is C/C(=N/NC(=N)N)c1ccc(Cl)cc1F. The highest BCUT2D eigenvalue weighted by molar-refractivity contribution is 6.30. The average Bonchev–Trinajstić information content (AvgIpc) is 2.14. The molecule has 0 spiro atoms. The Hall–Kier alpha value is -1.62. The van der Waals surface area contributed by atoms with Gasteiger partial charge in [0.1, 0.15) is 5.82 Å². The van der Waals surface area contributed by atoms with Crippen LogP contribution in [0.3, 0.4) is 0 Å². The number of benzene rings is 1. The molecule has 0 aliphatic carbocycles. The number of nitrogens with one attached hydrogen (secondary N) is 2. The first-order valence-corrected chi connectivity index (χ1v) is 4.48. The zero-order valence-electron chi connectivity index (χ0n) is 8.01. The van der Waals surface area contributed by atoms with Crippen LogP contribution in [0, 0.1) is 11.2 Å². The van der Waals surface area contributed by atoms with E-state index >= 15 is 0 Å². The molecule has 0 aliphatic rings. The van der Waals surface area contributed by atoms with Crippen molar-refractivity contribution in [3.05, 3.63) is 34.6 Å². The standard InChI is InChI=1S/C9H10ClFN4/c1-5(14-15-9(12)13)7-3-2-6(10)4-8(7)11/h2-4H,1H3,(H4,12,13,15)/b14-5-. The number of nitrogens with zero attached hydrogens (tertiary/aromatic N) is 1. The zero-order chi connectivity index (χ0) is 11.4. The predicted octanol–water partition coefficient (Wildman–Crippen LogP) is 1.69. The lowest BCUT2D eigenvalue weighted by molar-refractivity contribution is 0.625. The van der Waals surface area contributed by atoms with E-state index in [9.17, 15) is 4.39 Å². The Morgan fingerprint density at radius 3 is 2.80 bits per heavy atom. The Kier molecular flexibility index (Phi) is 3.62. The van der Waals surface area contributed by atoms with E-state index in [0.29, 0.717) is 16.3 Å². The fourth-order valence-electron chi connectivity index (χ4n) is 0.987. The van der Waals surface area contributed by atoms with Gasteiger partial charge in [-0.2, -0.15) is 5.10 Å². The molecule has 80 valence electrons. The van der Waals surface area contributed by atoms with Crippen LogP contribution in [0.4, 0.5) is 4.39 Å². The third kappa shape index (κ3) is 3.21. The fraction of sp³-hybridized carbons (Fsp3) is 0.111. The number of rotatable bonds is 2. The van der Waals surface area contributed by atoms with Gasteiger partial charge < -0.3 is 5.73 Å². The molecule has 0 aromatic heterocycles. The molecular formula is C9H10ClFN4. The molecule has 1 rings (SSSR count). The van der Waals surface area contributed by atoms with Gasteiger partial charge in [0.05, 0.1) is 5.71 Å². The Bertz CT molecular complexity index is 417. The van der Waals surface area contributed by atoms with Crippen LogP contribution in [-0.2, 0) is 0 Å². The summed E-state index contributed by atoms with van der Waals surface area (Å²) >= 11 is 5.60. The van der Waals surface area contributed by atoms with E-state index in [-0.39, 0.29) is 5.96 Å². The van der Waals surface area contributed by atoms with E-state index < -0.39 is 5.82 Å². The van der Waals surface area contributed by atoms with Crippen LogP contribution in [0.2, 0.25) is 5.02 Å². The van der Waals surface area contributed by atoms with Crippen LogP contribution in [0.25, 0.3) is 0 Å². The quantitative estimate of drug-likeness (QED) is 0.409. The number of guanidine groups is 1. The molecular weight excluding hydrogens is 219 g/mol. The molecule has 6 heteroatoms. The van der Waals surface area contributed by atoms with Crippen LogP contribution in [-0.4, -0.2) is 11.7 Å². The lowest BCUT2D eigenvalue weighted by atomic mass is 10.1. The Morgan fingerprint density at radius 2 is 2.27 bits per heavy atom. The topological polar surface area (TPSA) is 74.3 Å². The van der Waals surface area contributed by atoms with Crippen LogP contribution >= 0.6 is 11.6 Å². The Morgan fingerprint density at radius 1 is 1.60 bits per heavy atom. The highest BCUT2D eigenvalue weighted by Crippen LogP contribution is 2.15. The van der Waals surface area contributed by atoms with Gasteiger partial charge in [0.2, 0.25) is 5.96 Å². The average molecular weight is 229 g/mol. The largest absolute Gasteiger partial charge is 0.369 e. The highest BCUT2D eigenvalue weighted by atomic mass is 35.5. The molecule has 0 heterocycles. The van der Waals surface area contributed by atoms with E-state index in [0.717, 1.165) is 0 Å². The minimum atomic E-state index is -0.464. The van der Waals surface area contributed by atoms with Gasteiger partial charge in [-0.3, -0.25) is 5.41 Å². The van der Waals surface area contributed by atoms with Crippen molar-refractivity contribution in [3.63, 3.8) is 0 Å². The van der Waals surface area contributed by atoms with E-state index in [1.54, 1.807) is 13.0 Å². The van der Waals surface area contributed by atoms with Gasteiger partial charge >= 0.3 is 0 Å². The van der Waals surface area contributed by atoms with Crippen LogP contribution in [0.15, 0.2) is 23.3 Å². The molecule has 0 atom stereocenters. The van der Waals surface area contributed by atoms with Gasteiger partial charge in [0.15, 0.2) is 0 Å². The minimum absolute atomic E-state index is 0.302. The Labute approximate surface area is 91.4 Å². The van der Waals surface area contributed by atoms with Crippen molar-refractivity contribution in [1.29, 1.82) is 5.41 Å². The summed E-state index contributed by atoms with van der Waals surface area (Å²) in [4.78, 5) is 0. The molecule has 15 heavy (non-hydrogen) atoms. The zero-order valence-corrected chi connectivity index (χ0v) is 8.77. The minimum Gasteiger partial charge on any atom is -0.369 e. The molecule has 0 bridgehead atoms. The van der Waals surface area contributed by atoms with E-state index in [1.165, 1.54) is 12.1 Å². The summed E-state index contributed by atoms with van der Waals surface area (Å²) in [6.45, 7) is 1.60. The number of hydrazone groups is 1. The van der Waals surface area contributed by atoms with Crippen molar-refractivity contribution < 1.29 is 4.39 Å². The fourth-order valence-corrected chi connectivity index (χ4v) is 1.15. The van der Waals surface area contributed by atoms with E-state index in [2.05, 4.69) is 10.5 Å². The number of nitrogens with two attached hydrogens (primary N) is 1. The molecule has 0 amide bonds. The molecule has 1 aromatic carbocycles. The maximum atomic E-state index is 13.3. The van der Waals surface area contributed by atoms with Gasteiger partial charge in [-0.25, -0.2) is 9.82 Å². The smallest absolute Gasteiger partial charge is 0.206 e. The van der Waals surface area contributed by atoms with Gasteiger partial charge in [0, 0.05) is 10.6 Å². The van der Waals surface area contributed by atoms with Crippen molar-refractivity contribution in [2.75, 3.05) is 0 Å². The van der Waals surface area contributed by atoms with Crippen molar-refractivity contribution in [1.82, 2.24) is 5.43 Å². The molecule has 4 N–H and O–H groups in total. The summed E-state index contributed by atoms with van der Waals surface area (Å²) in [5, 5.41) is 10.9. The van der Waals surface area contributed by atoms with E-state index in [1.807, 2.05) is 0 Å². The lowest BCUT2D eigenvalue weighted by Gasteiger charge is -2.03. The maximum Gasteiger partial charge on any atom is 0.206 e.